The van der Waals surface area contributed by atoms with Crippen LogP contribution in [0, 0.1) is 11.8 Å². The van der Waals surface area contributed by atoms with Gasteiger partial charge in [-0.1, -0.05) is 19.1 Å². The number of carbonyl (C=O) groups is 1. The van der Waals surface area contributed by atoms with E-state index in [1.165, 1.54) is 19.3 Å². The summed E-state index contributed by atoms with van der Waals surface area (Å²) in [5, 5.41) is 0. The van der Waals surface area contributed by atoms with Crippen LogP contribution in [0.15, 0.2) is 12.2 Å². The van der Waals surface area contributed by atoms with Crippen molar-refractivity contribution < 1.29 is 14.3 Å². The minimum absolute atomic E-state index is 0.426. The van der Waals surface area contributed by atoms with Gasteiger partial charge in [0.15, 0.2) is 0 Å². The zero-order chi connectivity index (χ0) is 13.6. The van der Waals surface area contributed by atoms with E-state index in [-0.39, 0.29) is 0 Å². The number of allylic oxidation sites excluding steroid dienone is 2. The summed E-state index contributed by atoms with van der Waals surface area (Å²) < 4.78 is 9.58. The van der Waals surface area contributed by atoms with Crippen molar-refractivity contribution in [3.63, 3.8) is 0 Å². The van der Waals surface area contributed by atoms with Crippen LogP contribution in [0.2, 0.25) is 0 Å². The van der Waals surface area contributed by atoms with E-state index in [9.17, 15) is 4.79 Å². The van der Waals surface area contributed by atoms with Gasteiger partial charge in [0.1, 0.15) is 5.60 Å². The summed E-state index contributed by atoms with van der Waals surface area (Å²) in [7, 11) is 0. The smallest absolute Gasteiger partial charge is 0.434 e. The van der Waals surface area contributed by atoms with Crippen molar-refractivity contribution in [2.45, 2.75) is 59.0 Å². The molecule has 104 valence electrons. The van der Waals surface area contributed by atoms with Crippen molar-refractivity contribution in [3.05, 3.63) is 12.2 Å². The van der Waals surface area contributed by atoms with E-state index in [2.05, 4.69) is 12.2 Å². The summed E-state index contributed by atoms with van der Waals surface area (Å²) in [5.41, 5.74) is -0.454. The Bertz CT molecular complexity index is 277. The maximum atomic E-state index is 10.8. The molecule has 3 heteroatoms. The number of hydrogen-bond donors (Lipinski definition) is 0. The molecule has 1 fully saturated rings. The minimum Gasteiger partial charge on any atom is -0.434 e. The molecule has 2 unspecified atom stereocenters. The van der Waals surface area contributed by atoms with E-state index in [4.69, 9.17) is 9.47 Å². The fourth-order valence-corrected chi connectivity index (χ4v) is 2.18. The highest BCUT2D eigenvalue weighted by Gasteiger charge is 2.25. The van der Waals surface area contributed by atoms with Gasteiger partial charge in [-0.15, -0.1) is 0 Å². The van der Waals surface area contributed by atoms with Crippen LogP contribution < -0.4 is 0 Å². The molecule has 2 aliphatic rings. The Hall–Kier alpha value is -0.990. The van der Waals surface area contributed by atoms with Gasteiger partial charge in [0.25, 0.3) is 0 Å². The van der Waals surface area contributed by atoms with Crippen molar-refractivity contribution >= 4 is 6.16 Å². The molecule has 0 aromatic heterocycles. The van der Waals surface area contributed by atoms with Crippen LogP contribution in [0.3, 0.4) is 0 Å². The quantitative estimate of drug-likeness (QED) is 0.544. The van der Waals surface area contributed by atoms with Crippen molar-refractivity contribution in [2.75, 3.05) is 6.61 Å². The summed E-state index contributed by atoms with van der Waals surface area (Å²) in [4.78, 5) is 10.8. The molecular weight excluding hydrogens is 228 g/mol. The zero-order valence-corrected chi connectivity index (χ0v) is 12.1. The second kappa shape index (κ2) is 6.81. The van der Waals surface area contributed by atoms with E-state index in [1.807, 2.05) is 6.92 Å². The molecule has 18 heavy (non-hydrogen) atoms. The zero-order valence-electron chi connectivity index (χ0n) is 12.1. The summed E-state index contributed by atoms with van der Waals surface area (Å²) in [6.45, 7) is 7.78. The van der Waals surface area contributed by atoms with Crippen LogP contribution in [-0.2, 0) is 9.47 Å². The average molecular weight is 254 g/mol. The SMILES string of the molecule is C1=CC2CCC1C2.CCCOC(=O)OC(C)(C)C. The van der Waals surface area contributed by atoms with Crippen LogP contribution in [0.1, 0.15) is 53.4 Å². The molecule has 0 radical (unpaired) electrons. The lowest BCUT2D eigenvalue weighted by molar-refractivity contribution is -0.00703. The molecule has 2 rings (SSSR count). The molecule has 0 amide bonds. The molecular formula is C15H26O3. The van der Waals surface area contributed by atoms with Gasteiger partial charge in [-0.3, -0.25) is 0 Å². The highest BCUT2D eigenvalue weighted by Crippen LogP contribution is 2.38. The van der Waals surface area contributed by atoms with Crippen molar-refractivity contribution in [2.24, 2.45) is 11.8 Å². The Morgan fingerprint density at radius 3 is 2.06 bits per heavy atom. The van der Waals surface area contributed by atoms with Gasteiger partial charge >= 0.3 is 6.16 Å². The Balaban J connectivity index is 0.000000194. The van der Waals surface area contributed by atoms with Gasteiger partial charge in [0.05, 0.1) is 6.61 Å². The number of rotatable bonds is 2. The van der Waals surface area contributed by atoms with E-state index in [0.717, 1.165) is 18.3 Å². The molecule has 0 heterocycles. The first-order valence-electron chi connectivity index (χ1n) is 6.95. The second-order valence-electron chi connectivity index (χ2n) is 6.03. The fraction of sp³-hybridized carbons (Fsp3) is 0.800. The molecule has 0 saturated heterocycles. The Morgan fingerprint density at radius 1 is 1.22 bits per heavy atom. The Labute approximate surface area is 111 Å². The predicted octanol–water partition coefficient (Wildman–Crippen LogP) is 4.32. The molecule has 0 aliphatic heterocycles. The molecule has 2 bridgehead atoms. The molecule has 3 nitrogen and oxygen atoms in total. The van der Waals surface area contributed by atoms with Crippen molar-refractivity contribution in [1.29, 1.82) is 0 Å². The van der Waals surface area contributed by atoms with Gasteiger partial charge in [-0.2, -0.15) is 0 Å². The lowest BCUT2D eigenvalue weighted by Crippen LogP contribution is -2.24. The van der Waals surface area contributed by atoms with Gasteiger partial charge in [0, 0.05) is 0 Å². The lowest BCUT2D eigenvalue weighted by atomic mass is 10.1. The number of hydrogen-bond acceptors (Lipinski definition) is 3. The highest BCUT2D eigenvalue weighted by molar-refractivity contribution is 5.60. The second-order valence-corrected chi connectivity index (χ2v) is 6.03. The lowest BCUT2D eigenvalue weighted by Gasteiger charge is -2.18. The van der Waals surface area contributed by atoms with E-state index in [0.29, 0.717) is 6.61 Å². The average Bonchev–Trinajstić information content (AvgIpc) is 2.89. The molecule has 0 aromatic carbocycles. The van der Waals surface area contributed by atoms with Gasteiger partial charge in [-0.05, 0) is 58.3 Å². The van der Waals surface area contributed by atoms with Crippen molar-refractivity contribution in [3.8, 4) is 0 Å². The monoisotopic (exact) mass is 254 g/mol. The first kappa shape index (κ1) is 15.1. The van der Waals surface area contributed by atoms with Crippen LogP contribution in [0.25, 0.3) is 0 Å². The summed E-state index contributed by atoms with van der Waals surface area (Å²) in [5.74, 6) is 1.98. The number of ether oxygens (including phenoxy) is 2. The van der Waals surface area contributed by atoms with E-state index in [1.54, 1.807) is 20.8 Å². The molecule has 0 aromatic rings. The third-order valence-electron chi connectivity index (χ3n) is 2.98. The third-order valence-corrected chi connectivity index (χ3v) is 2.98. The van der Waals surface area contributed by atoms with Crippen LogP contribution in [0.4, 0.5) is 4.79 Å². The summed E-state index contributed by atoms with van der Waals surface area (Å²) >= 11 is 0. The van der Waals surface area contributed by atoms with Crippen LogP contribution in [0.5, 0.6) is 0 Å². The molecule has 2 atom stereocenters. The predicted molar refractivity (Wildman–Crippen MR) is 72.4 cm³/mol. The fourth-order valence-electron chi connectivity index (χ4n) is 2.18. The van der Waals surface area contributed by atoms with Gasteiger partial charge in [-0.25, -0.2) is 4.79 Å². The standard InChI is InChI=1S/C8H16O3.C7H10/c1-5-6-10-7(9)11-8(2,3)4;1-2-7-4-3-6(1)5-7/h5-6H2,1-4H3;1-2,6-7H,3-5H2. The topological polar surface area (TPSA) is 35.5 Å². The van der Waals surface area contributed by atoms with Crippen molar-refractivity contribution in [1.82, 2.24) is 0 Å². The normalized spacial score (nSPS) is 24.4. The highest BCUT2D eigenvalue weighted by atomic mass is 16.7. The van der Waals surface area contributed by atoms with E-state index < -0.39 is 11.8 Å². The maximum Gasteiger partial charge on any atom is 0.508 e. The Morgan fingerprint density at radius 2 is 1.78 bits per heavy atom. The number of carbonyl (C=O) groups excluding carboxylic acids is 1. The third kappa shape index (κ3) is 6.08. The minimum atomic E-state index is -0.584. The Kier molecular flexibility index (Phi) is 5.70. The van der Waals surface area contributed by atoms with Gasteiger partial charge < -0.3 is 9.47 Å². The molecule has 0 N–H and O–H groups in total. The molecule has 1 saturated carbocycles. The molecule has 2 aliphatic carbocycles. The first-order valence-corrected chi connectivity index (χ1v) is 6.95. The van der Waals surface area contributed by atoms with Gasteiger partial charge in [0.2, 0.25) is 0 Å². The summed E-state index contributed by atoms with van der Waals surface area (Å²) in [6, 6.07) is 0. The van der Waals surface area contributed by atoms with E-state index >= 15 is 0 Å². The van der Waals surface area contributed by atoms with Crippen LogP contribution in [-0.4, -0.2) is 18.4 Å². The summed E-state index contributed by atoms with van der Waals surface area (Å²) in [6.07, 6.45) is 9.42. The maximum absolute atomic E-state index is 10.8. The largest absolute Gasteiger partial charge is 0.508 e. The number of fused-ring (bicyclic) bond motifs is 2. The first-order chi connectivity index (χ1) is 8.40. The molecule has 0 spiro atoms. The van der Waals surface area contributed by atoms with Crippen LogP contribution >= 0.6 is 0 Å².